The molecule has 0 amide bonds. The summed E-state index contributed by atoms with van der Waals surface area (Å²) >= 11 is 10.8. The van der Waals surface area contributed by atoms with Crippen molar-refractivity contribution in [3.05, 3.63) is 21.9 Å². The molecule has 0 fully saturated rings. The first-order valence-corrected chi connectivity index (χ1v) is 4.98. The molecule has 0 N–H and O–H groups in total. The predicted molar refractivity (Wildman–Crippen MR) is 48.7 cm³/mol. The van der Waals surface area contributed by atoms with Gasteiger partial charge in [-0.3, -0.25) is 4.98 Å². The zero-order valence-corrected chi connectivity index (χ0v) is 8.42. The first-order valence-electron chi connectivity index (χ1n) is 2.58. The average Bonchev–Trinajstić information content (AvgIpc) is 1.88. The first kappa shape index (κ1) is 8.37. The maximum Gasteiger partial charge on any atom is 0.0736 e. The number of hydrogen-bond donors (Lipinski definition) is 0. The molecule has 0 bridgehead atoms. The molecular weight excluding hydrogens is 233 g/mol. The molecule has 0 atom stereocenters. The fourth-order valence-corrected chi connectivity index (χ4v) is 2.41. The van der Waals surface area contributed by atoms with Crippen LogP contribution in [-0.4, -0.2) is 11.2 Å². The van der Waals surface area contributed by atoms with Crippen molar-refractivity contribution in [3.8, 4) is 0 Å². The van der Waals surface area contributed by atoms with E-state index >= 15 is 0 Å². The highest BCUT2D eigenvalue weighted by molar-refractivity contribution is 9.10. The van der Waals surface area contributed by atoms with Gasteiger partial charge in [-0.1, -0.05) is 11.6 Å². The molecule has 1 aromatic rings. The minimum Gasteiger partial charge on any atom is -0.262 e. The minimum absolute atomic E-state index is 0.696. The van der Waals surface area contributed by atoms with Crippen LogP contribution in [0.2, 0.25) is 5.02 Å². The normalized spacial score (nSPS) is 9.90. The third kappa shape index (κ3) is 1.65. The number of rotatable bonds is 1. The van der Waals surface area contributed by atoms with Crippen LogP contribution in [0.1, 0.15) is 0 Å². The lowest BCUT2D eigenvalue weighted by atomic mass is 10.5. The molecule has 0 spiro atoms. The van der Waals surface area contributed by atoms with Crippen LogP contribution in [0.15, 0.2) is 21.8 Å². The number of halogens is 2. The molecule has 0 radical (unpaired) electrons. The summed E-state index contributed by atoms with van der Waals surface area (Å²) in [6, 6.07) is 0. The van der Waals surface area contributed by atoms with Crippen LogP contribution in [0, 0.1) is 0 Å². The fourth-order valence-electron chi connectivity index (χ4n) is 0.594. The molecule has 1 aromatic heterocycles. The molecule has 54 valence electrons. The summed E-state index contributed by atoms with van der Waals surface area (Å²) in [6.45, 7) is 0. The molecular formula is C6H5BrClNS. The number of aromatic nitrogens is 1. The Morgan fingerprint density at radius 3 is 2.70 bits per heavy atom. The molecule has 0 aliphatic carbocycles. The second kappa shape index (κ2) is 3.60. The van der Waals surface area contributed by atoms with Gasteiger partial charge >= 0.3 is 0 Å². The second-order valence-corrected chi connectivity index (χ2v) is 3.71. The number of hydrogen-bond acceptors (Lipinski definition) is 2. The summed E-state index contributed by atoms with van der Waals surface area (Å²) in [4.78, 5) is 4.94. The summed E-state index contributed by atoms with van der Waals surface area (Å²) in [5.41, 5.74) is 0. The summed E-state index contributed by atoms with van der Waals surface area (Å²) in [7, 11) is 0. The van der Waals surface area contributed by atoms with Crippen LogP contribution in [0.4, 0.5) is 0 Å². The smallest absolute Gasteiger partial charge is 0.0736 e. The summed E-state index contributed by atoms with van der Waals surface area (Å²) < 4.78 is 0.951. The summed E-state index contributed by atoms with van der Waals surface area (Å²) in [6.07, 6.45) is 5.35. The van der Waals surface area contributed by atoms with Gasteiger partial charge in [0, 0.05) is 17.3 Å². The molecule has 10 heavy (non-hydrogen) atoms. The molecule has 0 unspecified atom stereocenters. The fraction of sp³-hybridized carbons (Fsp3) is 0.167. The Kier molecular flexibility index (Phi) is 3.01. The van der Waals surface area contributed by atoms with Gasteiger partial charge in [-0.2, -0.15) is 0 Å². The Morgan fingerprint density at radius 1 is 1.60 bits per heavy atom. The van der Waals surface area contributed by atoms with Crippen molar-refractivity contribution >= 4 is 39.3 Å². The van der Waals surface area contributed by atoms with Crippen molar-refractivity contribution in [2.45, 2.75) is 4.90 Å². The van der Waals surface area contributed by atoms with Gasteiger partial charge in [0.15, 0.2) is 0 Å². The van der Waals surface area contributed by atoms with Crippen LogP contribution in [0.3, 0.4) is 0 Å². The predicted octanol–water partition coefficient (Wildman–Crippen LogP) is 3.22. The van der Waals surface area contributed by atoms with E-state index in [2.05, 4.69) is 20.9 Å². The van der Waals surface area contributed by atoms with Gasteiger partial charge in [-0.05, 0) is 22.2 Å². The highest BCUT2D eigenvalue weighted by atomic mass is 79.9. The Bertz CT molecular complexity index is 221. The Hall–Kier alpha value is 0.270. The number of pyridine rings is 1. The zero-order chi connectivity index (χ0) is 7.56. The quantitative estimate of drug-likeness (QED) is 0.697. The van der Waals surface area contributed by atoms with Crippen molar-refractivity contribution in [3.63, 3.8) is 0 Å². The second-order valence-electron chi connectivity index (χ2n) is 1.64. The maximum atomic E-state index is 5.82. The molecule has 0 saturated heterocycles. The van der Waals surface area contributed by atoms with E-state index < -0.39 is 0 Å². The van der Waals surface area contributed by atoms with Crippen molar-refractivity contribution in [1.82, 2.24) is 4.98 Å². The Labute approximate surface area is 77.3 Å². The van der Waals surface area contributed by atoms with Crippen molar-refractivity contribution in [1.29, 1.82) is 0 Å². The van der Waals surface area contributed by atoms with E-state index in [9.17, 15) is 0 Å². The van der Waals surface area contributed by atoms with Crippen molar-refractivity contribution in [2.24, 2.45) is 0 Å². The third-order valence-electron chi connectivity index (χ3n) is 1.01. The minimum atomic E-state index is 0.696. The number of thioether (sulfide) groups is 1. The molecule has 0 aliphatic rings. The lowest BCUT2D eigenvalue weighted by Crippen LogP contribution is -1.77. The summed E-state index contributed by atoms with van der Waals surface area (Å²) in [5, 5.41) is 0.696. The van der Waals surface area contributed by atoms with E-state index in [1.165, 1.54) is 0 Å². The highest BCUT2D eigenvalue weighted by Crippen LogP contribution is 2.31. The van der Waals surface area contributed by atoms with Gasteiger partial charge in [0.25, 0.3) is 0 Å². The Morgan fingerprint density at radius 2 is 2.30 bits per heavy atom. The van der Waals surface area contributed by atoms with Crippen LogP contribution in [0.25, 0.3) is 0 Å². The van der Waals surface area contributed by atoms with E-state index in [0.717, 1.165) is 9.37 Å². The van der Waals surface area contributed by atoms with Gasteiger partial charge in [0.1, 0.15) is 0 Å². The zero-order valence-electron chi connectivity index (χ0n) is 5.27. The molecule has 1 rings (SSSR count). The maximum absolute atomic E-state index is 5.82. The standard InChI is InChI=1S/C6H5BrClNS/c1-10-6-4(7)2-9-3-5(6)8/h2-3H,1H3. The van der Waals surface area contributed by atoms with Gasteiger partial charge in [0.2, 0.25) is 0 Å². The molecule has 0 aliphatic heterocycles. The van der Waals surface area contributed by atoms with E-state index in [1.807, 2.05) is 6.26 Å². The molecule has 0 aromatic carbocycles. The SMILES string of the molecule is CSc1c(Cl)cncc1Br. The summed E-state index contributed by atoms with van der Waals surface area (Å²) in [5.74, 6) is 0. The van der Waals surface area contributed by atoms with Crippen LogP contribution >= 0.6 is 39.3 Å². The number of nitrogens with zero attached hydrogens (tertiary/aromatic N) is 1. The van der Waals surface area contributed by atoms with Crippen molar-refractivity contribution < 1.29 is 0 Å². The van der Waals surface area contributed by atoms with Gasteiger partial charge in [0.05, 0.1) is 9.50 Å². The van der Waals surface area contributed by atoms with E-state index in [1.54, 1.807) is 24.2 Å². The molecule has 1 nitrogen and oxygen atoms in total. The van der Waals surface area contributed by atoms with E-state index in [0.29, 0.717) is 5.02 Å². The molecule has 0 saturated carbocycles. The average molecular weight is 239 g/mol. The van der Waals surface area contributed by atoms with Crippen LogP contribution in [-0.2, 0) is 0 Å². The van der Waals surface area contributed by atoms with Crippen LogP contribution < -0.4 is 0 Å². The molecule has 4 heteroatoms. The van der Waals surface area contributed by atoms with Gasteiger partial charge < -0.3 is 0 Å². The van der Waals surface area contributed by atoms with Crippen molar-refractivity contribution in [2.75, 3.05) is 6.26 Å². The first-order chi connectivity index (χ1) is 4.75. The van der Waals surface area contributed by atoms with Crippen LogP contribution in [0.5, 0.6) is 0 Å². The largest absolute Gasteiger partial charge is 0.262 e. The lowest BCUT2D eigenvalue weighted by molar-refractivity contribution is 1.23. The highest BCUT2D eigenvalue weighted by Gasteiger charge is 2.02. The van der Waals surface area contributed by atoms with E-state index in [-0.39, 0.29) is 0 Å². The van der Waals surface area contributed by atoms with Gasteiger partial charge in [-0.15, -0.1) is 11.8 Å². The van der Waals surface area contributed by atoms with Gasteiger partial charge in [-0.25, -0.2) is 0 Å². The monoisotopic (exact) mass is 237 g/mol. The molecule has 1 heterocycles. The van der Waals surface area contributed by atoms with E-state index in [4.69, 9.17) is 11.6 Å². The Balaban J connectivity index is 3.17. The topological polar surface area (TPSA) is 12.9 Å². The lowest BCUT2D eigenvalue weighted by Gasteiger charge is -2.00. The third-order valence-corrected chi connectivity index (χ3v) is 3.12.